The van der Waals surface area contributed by atoms with E-state index >= 15 is 0 Å². The fraction of sp³-hybridized carbons (Fsp3) is 0.0455. The van der Waals surface area contributed by atoms with E-state index in [2.05, 4.69) is 15.1 Å². The Labute approximate surface area is 156 Å². The predicted molar refractivity (Wildman–Crippen MR) is 108 cm³/mol. The molecule has 0 aliphatic carbocycles. The van der Waals surface area contributed by atoms with Gasteiger partial charge in [0.25, 0.3) is 5.56 Å². The molecule has 0 amide bonds. The van der Waals surface area contributed by atoms with Gasteiger partial charge in [-0.3, -0.25) is 9.89 Å². The monoisotopic (exact) mass is 354 g/mol. The minimum absolute atomic E-state index is 0.141. The van der Waals surface area contributed by atoms with Crippen LogP contribution >= 0.6 is 0 Å². The van der Waals surface area contributed by atoms with Crippen LogP contribution in [0.1, 0.15) is 12.5 Å². The van der Waals surface area contributed by atoms with Gasteiger partial charge >= 0.3 is 0 Å². The lowest BCUT2D eigenvalue weighted by molar-refractivity contribution is 0.852. The number of nitrogens with one attached hydrogen (secondary N) is 1. The average Bonchev–Trinajstić information content (AvgIpc) is 3.07. The van der Waals surface area contributed by atoms with Crippen molar-refractivity contribution in [1.29, 1.82) is 0 Å². The van der Waals surface area contributed by atoms with Crippen molar-refractivity contribution in [3.63, 3.8) is 0 Å². The highest BCUT2D eigenvalue weighted by Gasteiger charge is 2.19. The predicted octanol–water partition coefficient (Wildman–Crippen LogP) is 4.37. The zero-order valence-electron chi connectivity index (χ0n) is 14.8. The fourth-order valence-electron chi connectivity index (χ4n) is 2.99. The number of nitrogens with zero attached hydrogens (tertiary/aromatic N) is 3. The van der Waals surface area contributed by atoms with Crippen LogP contribution in [-0.2, 0) is 0 Å². The van der Waals surface area contributed by atoms with Crippen LogP contribution in [0.4, 0.5) is 5.82 Å². The molecule has 0 atom stereocenters. The van der Waals surface area contributed by atoms with Gasteiger partial charge < -0.3 is 0 Å². The molecule has 0 radical (unpaired) electrons. The van der Waals surface area contributed by atoms with Gasteiger partial charge in [-0.15, -0.1) is 0 Å². The number of rotatable bonds is 4. The van der Waals surface area contributed by atoms with E-state index < -0.39 is 0 Å². The van der Waals surface area contributed by atoms with Crippen molar-refractivity contribution >= 4 is 11.5 Å². The summed E-state index contributed by atoms with van der Waals surface area (Å²) >= 11 is 0. The first kappa shape index (κ1) is 16.7. The van der Waals surface area contributed by atoms with E-state index in [1.165, 1.54) is 0 Å². The number of para-hydroxylation sites is 1. The first-order valence-electron chi connectivity index (χ1n) is 8.66. The van der Waals surface area contributed by atoms with Crippen LogP contribution in [-0.4, -0.2) is 20.5 Å². The van der Waals surface area contributed by atoms with Gasteiger partial charge in [0.2, 0.25) is 0 Å². The van der Waals surface area contributed by atoms with Gasteiger partial charge in [0.1, 0.15) is 0 Å². The summed E-state index contributed by atoms with van der Waals surface area (Å²) in [5.41, 5.74) is 3.45. The highest BCUT2D eigenvalue weighted by molar-refractivity contribution is 6.04. The molecule has 5 nitrogen and oxygen atoms in total. The lowest BCUT2D eigenvalue weighted by Gasteiger charge is -2.03. The maximum absolute atomic E-state index is 13.2. The molecule has 0 bridgehead atoms. The summed E-state index contributed by atoms with van der Waals surface area (Å²) in [6.45, 7) is 1.83. The molecule has 132 valence electrons. The second-order valence-corrected chi connectivity index (χ2v) is 6.09. The van der Waals surface area contributed by atoms with E-state index in [1.54, 1.807) is 10.9 Å². The maximum Gasteiger partial charge on any atom is 0.280 e. The summed E-state index contributed by atoms with van der Waals surface area (Å²) in [5.74, 6) is 0.570. The van der Waals surface area contributed by atoms with Crippen molar-refractivity contribution in [3.8, 4) is 16.9 Å². The summed E-state index contributed by atoms with van der Waals surface area (Å²) in [6, 6.07) is 24.8. The number of aromatic amines is 1. The molecule has 4 aromatic rings. The molecular weight excluding hydrogens is 336 g/mol. The van der Waals surface area contributed by atoms with E-state index in [0.717, 1.165) is 16.9 Å². The minimum atomic E-state index is -0.141. The number of aliphatic imine (C=N–C) groups is 1. The highest BCUT2D eigenvalue weighted by Crippen LogP contribution is 2.22. The first-order valence-corrected chi connectivity index (χ1v) is 8.66. The Bertz CT molecular complexity index is 1130. The summed E-state index contributed by atoms with van der Waals surface area (Å²) in [7, 11) is 0. The van der Waals surface area contributed by atoms with Gasteiger partial charge in [-0.2, -0.15) is 0 Å². The number of hydrogen-bond acceptors (Lipinski definition) is 3. The lowest BCUT2D eigenvalue weighted by Crippen LogP contribution is -2.19. The third-order valence-electron chi connectivity index (χ3n) is 4.26. The van der Waals surface area contributed by atoms with Crippen LogP contribution < -0.4 is 5.56 Å². The molecule has 0 saturated carbocycles. The van der Waals surface area contributed by atoms with Gasteiger partial charge in [0, 0.05) is 11.8 Å². The van der Waals surface area contributed by atoms with E-state index in [-0.39, 0.29) is 5.56 Å². The summed E-state index contributed by atoms with van der Waals surface area (Å²) in [6.07, 6.45) is 1.68. The molecule has 2 aromatic heterocycles. The molecule has 0 spiro atoms. The third kappa shape index (κ3) is 3.35. The average molecular weight is 354 g/mol. The van der Waals surface area contributed by atoms with E-state index in [4.69, 9.17) is 0 Å². The van der Waals surface area contributed by atoms with E-state index in [0.29, 0.717) is 17.1 Å². The zero-order valence-corrected chi connectivity index (χ0v) is 14.8. The third-order valence-corrected chi connectivity index (χ3v) is 4.26. The molecule has 5 heteroatoms. The SMILES string of the molecule is C/C(=N\c1ccccn1)c1c(-c2ccccc2)[nH]n(-c2ccccc2)c1=O. The number of H-pyrrole nitrogens is 1. The zero-order chi connectivity index (χ0) is 18.6. The molecule has 4 rings (SSSR count). The number of aromatic nitrogens is 3. The van der Waals surface area contributed by atoms with Crippen molar-refractivity contribution in [3.05, 3.63) is 101 Å². The Balaban J connectivity index is 1.93. The minimum Gasteiger partial charge on any atom is -0.290 e. The highest BCUT2D eigenvalue weighted by atomic mass is 16.1. The number of benzene rings is 2. The Kier molecular flexibility index (Phi) is 4.49. The molecule has 0 saturated heterocycles. The Morgan fingerprint density at radius 2 is 1.59 bits per heavy atom. The van der Waals surface area contributed by atoms with E-state index in [1.807, 2.05) is 85.8 Å². The Morgan fingerprint density at radius 1 is 0.926 bits per heavy atom. The molecule has 0 aliphatic heterocycles. The molecule has 27 heavy (non-hydrogen) atoms. The number of hydrogen-bond donors (Lipinski definition) is 1. The van der Waals surface area contributed by atoms with Crippen molar-refractivity contribution in [1.82, 2.24) is 14.8 Å². The molecular formula is C22H18N4O. The molecule has 0 fully saturated rings. The molecule has 0 aliphatic rings. The normalized spacial score (nSPS) is 11.5. The first-order chi connectivity index (χ1) is 13.2. The van der Waals surface area contributed by atoms with Gasteiger partial charge in [-0.1, -0.05) is 54.6 Å². The van der Waals surface area contributed by atoms with Crippen LogP contribution in [0.3, 0.4) is 0 Å². The van der Waals surface area contributed by atoms with Crippen LogP contribution in [0.15, 0.2) is 94.8 Å². The van der Waals surface area contributed by atoms with Crippen molar-refractivity contribution in [2.24, 2.45) is 4.99 Å². The molecule has 1 N–H and O–H groups in total. The standard InChI is InChI=1S/C22H18N4O/c1-16(24-19-14-8-9-15-23-19)20-21(17-10-4-2-5-11-17)25-26(22(20)27)18-12-6-3-7-13-18/h2-15,25H,1H3/b24-16+. The Hall–Kier alpha value is -3.73. The van der Waals surface area contributed by atoms with Crippen LogP contribution in [0, 0.1) is 0 Å². The maximum atomic E-state index is 13.2. The van der Waals surface area contributed by atoms with E-state index in [9.17, 15) is 4.79 Å². The second-order valence-electron chi connectivity index (χ2n) is 6.09. The molecule has 0 unspecified atom stereocenters. The molecule has 2 aromatic carbocycles. The van der Waals surface area contributed by atoms with Crippen LogP contribution in [0.25, 0.3) is 16.9 Å². The lowest BCUT2D eigenvalue weighted by atomic mass is 10.1. The summed E-state index contributed by atoms with van der Waals surface area (Å²) in [5, 5.41) is 3.25. The quantitative estimate of drug-likeness (QED) is 0.553. The molecule has 2 heterocycles. The van der Waals surface area contributed by atoms with Gasteiger partial charge in [0.05, 0.1) is 22.7 Å². The van der Waals surface area contributed by atoms with Crippen molar-refractivity contribution in [2.45, 2.75) is 6.92 Å². The Morgan fingerprint density at radius 3 is 2.26 bits per heavy atom. The largest absolute Gasteiger partial charge is 0.290 e. The summed E-state index contributed by atoms with van der Waals surface area (Å²) < 4.78 is 1.55. The van der Waals surface area contributed by atoms with Gasteiger partial charge in [-0.25, -0.2) is 14.7 Å². The van der Waals surface area contributed by atoms with Gasteiger partial charge in [-0.05, 0) is 31.2 Å². The van der Waals surface area contributed by atoms with Crippen molar-refractivity contribution in [2.75, 3.05) is 0 Å². The van der Waals surface area contributed by atoms with Crippen molar-refractivity contribution < 1.29 is 0 Å². The fourth-order valence-corrected chi connectivity index (χ4v) is 2.99. The van der Waals surface area contributed by atoms with Crippen LogP contribution in [0.2, 0.25) is 0 Å². The topological polar surface area (TPSA) is 63.0 Å². The van der Waals surface area contributed by atoms with Gasteiger partial charge in [0.15, 0.2) is 5.82 Å². The summed E-state index contributed by atoms with van der Waals surface area (Å²) in [4.78, 5) is 22.0. The number of pyridine rings is 1. The van der Waals surface area contributed by atoms with Crippen LogP contribution in [0.5, 0.6) is 0 Å². The second kappa shape index (κ2) is 7.25. The smallest absolute Gasteiger partial charge is 0.280 e.